The van der Waals surface area contributed by atoms with E-state index in [4.69, 9.17) is 0 Å². The van der Waals surface area contributed by atoms with Crippen LogP contribution in [0.3, 0.4) is 0 Å². The molecule has 2 rings (SSSR count). The van der Waals surface area contributed by atoms with Crippen molar-refractivity contribution < 1.29 is 14.1 Å². The summed E-state index contributed by atoms with van der Waals surface area (Å²) in [4.78, 5) is 14.0. The highest BCUT2D eigenvalue weighted by Gasteiger charge is 2.32. The van der Waals surface area contributed by atoms with Gasteiger partial charge in [-0.1, -0.05) is 19.8 Å². The van der Waals surface area contributed by atoms with E-state index in [9.17, 15) is 14.1 Å². The molecule has 0 bridgehead atoms. The highest BCUT2D eigenvalue weighted by molar-refractivity contribution is 7.85. The van der Waals surface area contributed by atoms with E-state index in [2.05, 4.69) is 5.32 Å². The number of nitrogens with one attached hydrogen (secondary N) is 1. The van der Waals surface area contributed by atoms with Gasteiger partial charge >= 0.3 is 6.03 Å². The zero-order valence-electron chi connectivity index (χ0n) is 12.2. The van der Waals surface area contributed by atoms with Crippen LogP contribution in [0.5, 0.6) is 0 Å². The average molecular weight is 302 g/mol. The maximum Gasteiger partial charge on any atom is 0.317 e. The SMILES string of the molecule is CCS(=O)C1CCCCC1NC(=O)N1CCCC(O)C1. The van der Waals surface area contributed by atoms with E-state index in [0.717, 1.165) is 38.5 Å². The summed E-state index contributed by atoms with van der Waals surface area (Å²) >= 11 is 0. The lowest BCUT2D eigenvalue weighted by Gasteiger charge is -2.35. The molecule has 2 amide bonds. The molecule has 5 nitrogen and oxygen atoms in total. The van der Waals surface area contributed by atoms with Gasteiger partial charge in [-0.15, -0.1) is 0 Å². The number of rotatable bonds is 3. The number of amides is 2. The predicted molar refractivity (Wildman–Crippen MR) is 80.1 cm³/mol. The minimum atomic E-state index is -0.854. The maximum absolute atomic E-state index is 12.3. The molecule has 0 radical (unpaired) electrons. The largest absolute Gasteiger partial charge is 0.391 e. The molecule has 0 aromatic heterocycles. The van der Waals surface area contributed by atoms with E-state index < -0.39 is 16.9 Å². The van der Waals surface area contributed by atoms with Gasteiger partial charge in [-0.3, -0.25) is 4.21 Å². The van der Waals surface area contributed by atoms with Crippen LogP contribution in [-0.2, 0) is 10.8 Å². The molecule has 6 heteroatoms. The molecule has 4 unspecified atom stereocenters. The van der Waals surface area contributed by atoms with Gasteiger partial charge in [-0.25, -0.2) is 4.79 Å². The Hall–Kier alpha value is -0.620. The lowest BCUT2D eigenvalue weighted by Crippen LogP contribution is -2.54. The van der Waals surface area contributed by atoms with Gasteiger partial charge < -0.3 is 15.3 Å². The molecule has 0 aromatic rings. The quantitative estimate of drug-likeness (QED) is 0.824. The Bertz CT molecular complexity index is 364. The van der Waals surface area contributed by atoms with Crippen molar-refractivity contribution in [1.82, 2.24) is 10.2 Å². The summed E-state index contributed by atoms with van der Waals surface area (Å²) in [5, 5.41) is 12.8. The Morgan fingerprint density at radius 1 is 1.30 bits per heavy atom. The summed E-state index contributed by atoms with van der Waals surface area (Å²) in [5.74, 6) is 0.652. The third-order valence-electron chi connectivity index (χ3n) is 4.32. The molecule has 0 aromatic carbocycles. The number of nitrogens with zero attached hydrogens (tertiary/aromatic N) is 1. The number of piperidine rings is 1. The summed E-state index contributed by atoms with van der Waals surface area (Å²) < 4.78 is 12.1. The second-order valence-electron chi connectivity index (χ2n) is 5.79. The Morgan fingerprint density at radius 2 is 2.05 bits per heavy atom. The first kappa shape index (κ1) is 15.8. The molecule has 4 atom stereocenters. The second kappa shape index (κ2) is 7.41. The molecule has 2 fully saturated rings. The van der Waals surface area contributed by atoms with Crippen molar-refractivity contribution in [3.8, 4) is 0 Å². The van der Waals surface area contributed by atoms with Crippen molar-refractivity contribution in [3.05, 3.63) is 0 Å². The van der Waals surface area contributed by atoms with Crippen LogP contribution in [-0.4, -0.2) is 56.5 Å². The molecular formula is C14H26N2O3S. The standard InChI is InChI=1S/C14H26N2O3S/c1-2-20(19)13-8-4-3-7-12(13)15-14(18)16-9-5-6-11(17)10-16/h11-13,17H,2-10H2,1H3,(H,15,18). The van der Waals surface area contributed by atoms with Crippen molar-refractivity contribution in [2.24, 2.45) is 0 Å². The second-order valence-corrected chi connectivity index (χ2v) is 7.73. The Balaban J connectivity index is 1.92. The Labute approximate surface area is 123 Å². The lowest BCUT2D eigenvalue weighted by molar-refractivity contribution is 0.0828. The molecule has 116 valence electrons. The van der Waals surface area contributed by atoms with Crippen molar-refractivity contribution in [2.45, 2.75) is 62.8 Å². The Morgan fingerprint density at radius 3 is 2.75 bits per heavy atom. The topological polar surface area (TPSA) is 69.6 Å². The normalized spacial score (nSPS) is 32.7. The van der Waals surface area contributed by atoms with Crippen LogP contribution in [0.4, 0.5) is 4.79 Å². The number of hydrogen-bond acceptors (Lipinski definition) is 3. The molecule has 1 saturated carbocycles. The minimum Gasteiger partial charge on any atom is -0.391 e. The van der Waals surface area contributed by atoms with Gasteiger partial charge in [0.05, 0.1) is 11.4 Å². The Kier molecular flexibility index (Phi) is 5.84. The molecule has 1 aliphatic carbocycles. The maximum atomic E-state index is 12.3. The van der Waals surface area contributed by atoms with E-state index in [-0.39, 0.29) is 17.3 Å². The zero-order valence-corrected chi connectivity index (χ0v) is 13.0. The smallest absolute Gasteiger partial charge is 0.317 e. The van der Waals surface area contributed by atoms with Gasteiger partial charge in [0.1, 0.15) is 0 Å². The van der Waals surface area contributed by atoms with E-state index >= 15 is 0 Å². The van der Waals surface area contributed by atoms with E-state index in [1.54, 1.807) is 4.90 Å². The van der Waals surface area contributed by atoms with Crippen LogP contribution in [0.15, 0.2) is 0 Å². The molecule has 1 heterocycles. The summed E-state index contributed by atoms with van der Waals surface area (Å²) in [6.45, 7) is 3.06. The van der Waals surface area contributed by atoms with Gasteiger partial charge in [0, 0.05) is 35.7 Å². The van der Waals surface area contributed by atoms with Crippen LogP contribution in [0, 0.1) is 0 Å². The van der Waals surface area contributed by atoms with Gasteiger partial charge in [0.15, 0.2) is 0 Å². The van der Waals surface area contributed by atoms with Crippen molar-refractivity contribution >= 4 is 16.8 Å². The van der Waals surface area contributed by atoms with Crippen LogP contribution in [0.2, 0.25) is 0 Å². The fourth-order valence-electron chi connectivity index (χ4n) is 3.18. The summed E-state index contributed by atoms with van der Waals surface area (Å²) in [6.07, 6.45) is 5.27. The predicted octanol–water partition coefficient (Wildman–Crippen LogP) is 1.23. The van der Waals surface area contributed by atoms with Gasteiger partial charge in [-0.05, 0) is 25.7 Å². The molecule has 2 aliphatic rings. The van der Waals surface area contributed by atoms with Crippen molar-refractivity contribution in [1.29, 1.82) is 0 Å². The van der Waals surface area contributed by atoms with Gasteiger partial charge in [0.25, 0.3) is 0 Å². The third kappa shape index (κ3) is 3.95. The summed E-state index contributed by atoms with van der Waals surface area (Å²) in [5.41, 5.74) is 0. The molecule has 2 N–H and O–H groups in total. The first-order chi connectivity index (χ1) is 9.61. The number of carbonyl (C=O) groups is 1. The molecule has 0 spiro atoms. The highest BCUT2D eigenvalue weighted by Crippen LogP contribution is 2.23. The average Bonchev–Trinajstić information content (AvgIpc) is 2.47. The van der Waals surface area contributed by atoms with Crippen molar-refractivity contribution in [3.63, 3.8) is 0 Å². The first-order valence-electron chi connectivity index (χ1n) is 7.72. The molecule has 20 heavy (non-hydrogen) atoms. The van der Waals surface area contributed by atoms with Gasteiger partial charge in [0.2, 0.25) is 0 Å². The van der Waals surface area contributed by atoms with E-state index in [1.165, 1.54) is 0 Å². The minimum absolute atomic E-state index is 0.0242. The molecular weight excluding hydrogens is 276 g/mol. The number of aliphatic hydroxyl groups is 1. The third-order valence-corrected chi connectivity index (χ3v) is 6.13. The fourth-order valence-corrected chi connectivity index (χ4v) is 4.61. The highest BCUT2D eigenvalue weighted by atomic mass is 32.2. The molecule has 1 saturated heterocycles. The van der Waals surface area contributed by atoms with Crippen LogP contribution in [0.1, 0.15) is 45.4 Å². The monoisotopic (exact) mass is 302 g/mol. The number of carbonyl (C=O) groups excluding carboxylic acids is 1. The van der Waals surface area contributed by atoms with Crippen LogP contribution in [0.25, 0.3) is 0 Å². The zero-order chi connectivity index (χ0) is 14.5. The number of likely N-dealkylation sites (tertiary alicyclic amines) is 1. The molecule has 1 aliphatic heterocycles. The van der Waals surface area contributed by atoms with E-state index in [0.29, 0.717) is 18.8 Å². The van der Waals surface area contributed by atoms with Crippen molar-refractivity contribution in [2.75, 3.05) is 18.8 Å². The van der Waals surface area contributed by atoms with Crippen LogP contribution < -0.4 is 5.32 Å². The fraction of sp³-hybridized carbons (Fsp3) is 0.929. The first-order valence-corrected chi connectivity index (χ1v) is 9.10. The number of urea groups is 1. The number of aliphatic hydroxyl groups excluding tert-OH is 1. The summed E-state index contributed by atoms with van der Waals surface area (Å²) in [6, 6.07) is -0.0788. The summed E-state index contributed by atoms with van der Waals surface area (Å²) in [7, 11) is -0.854. The number of β-amino-alcohol motifs (C(OH)–C–C–N with tert-alkyl or cyclic N) is 1. The van der Waals surface area contributed by atoms with E-state index in [1.807, 2.05) is 6.92 Å². The van der Waals surface area contributed by atoms with Crippen LogP contribution >= 0.6 is 0 Å². The number of hydrogen-bond donors (Lipinski definition) is 2. The lowest BCUT2D eigenvalue weighted by atomic mass is 9.95. The van der Waals surface area contributed by atoms with Gasteiger partial charge in [-0.2, -0.15) is 0 Å².